The van der Waals surface area contributed by atoms with E-state index in [1.165, 1.54) is 12.3 Å². The molecule has 7 nitrogen and oxygen atoms in total. The van der Waals surface area contributed by atoms with E-state index in [0.717, 1.165) is 11.1 Å². The second-order valence-corrected chi connectivity index (χ2v) is 5.96. The number of rotatable bonds is 7. The lowest BCUT2D eigenvalue weighted by atomic mass is 10.2. The summed E-state index contributed by atoms with van der Waals surface area (Å²) >= 11 is 0. The van der Waals surface area contributed by atoms with Gasteiger partial charge in [0.25, 0.3) is 11.8 Å². The lowest BCUT2D eigenvalue weighted by Gasteiger charge is -2.10. The van der Waals surface area contributed by atoms with E-state index in [1.54, 1.807) is 25.6 Å². The van der Waals surface area contributed by atoms with Crippen LogP contribution in [-0.2, 0) is 13.1 Å². The summed E-state index contributed by atoms with van der Waals surface area (Å²) in [5.41, 5.74) is 2.33. The highest BCUT2D eigenvalue weighted by Crippen LogP contribution is 2.16. The van der Waals surface area contributed by atoms with Crippen LogP contribution in [0, 0.1) is 0 Å². The molecule has 28 heavy (non-hydrogen) atoms. The summed E-state index contributed by atoms with van der Waals surface area (Å²) in [4.78, 5) is 32.8. The molecule has 0 fully saturated rings. The number of nitrogens with zero attached hydrogens (tertiary/aromatic N) is 2. The van der Waals surface area contributed by atoms with Crippen molar-refractivity contribution in [3.8, 4) is 5.75 Å². The molecule has 2 amide bonds. The number of benzene rings is 1. The van der Waals surface area contributed by atoms with Crippen molar-refractivity contribution in [2.45, 2.75) is 13.1 Å². The number of para-hydroxylation sites is 1. The predicted molar refractivity (Wildman–Crippen MR) is 104 cm³/mol. The highest BCUT2D eigenvalue weighted by atomic mass is 16.5. The van der Waals surface area contributed by atoms with Crippen molar-refractivity contribution in [3.05, 3.63) is 89.5 Å². The van der Waals surface area contributed by atoms with Gasteiger partial charge < -0.3 is 15.4 Å². The smallest absolute Gasteiger partial charge is 0.270 e. The predicted octanol–water partition coefficient (Wildman–Crippen LogP) is 2.35. The fourth-order valence-corrected chi connectivity index (χ4v) is 2.60. The highest BCUT2D eigenvalue weighted by Gasteiger charge is 2.12. The third kappa shape index (κ3) is 4.91. The average molecular weight is 376 g/mol. The van der Waals surface area contributed by atoms with Crippen LogP contribution in [0.5, 0.6) is 5.75 Å². The van der Waals surface area contributed by atoms with Gasteiger partial charge in [-0.15, -0.1) is 0 Å². The summed E-state index contributed by atoms with van der Waals surface area (Å²) in [6, 6.07) is 14.1. The number of hydrogen-bond donors (Lipinski definition) is 2. The van der Waals surface area contributed by atoms with Gasteiger partial charge >= 0.3 is 0 Å². The maximum Gasteiger partial charge on any atom is 0.270 e. The molecule has 7 heteroatoms. The summed E-state index contributed by atoms with van der Waals surface area (Å²) in [6.45, 7) is 0.669. The van der Waals surface area contributed by atoms with Crippen LogP contribution < -0.4 is 15.4 Å². The van der Waals surface area contributed by atoms with E-state index in [4.69, 9.17) is 4.74 Å². The van der Waals surface area contributed by atoms with E-state index in [2.05, 4.69) is 20.6 Å². The number of carbonyl (C=O) groups is 2. The van der Waals surface area contributed by atoms with Gasteiger partial charge in [-0.2, -0.15) is 0 Å². The number of methoxy groups -OCH3 is 1. The molecule has 0 aliphatic heterocycles. The second-order valence-electron chi connectivity index (χ2n) is 5.96. The monoisotopic (exact) mass is 376 g/mol. The first-order chi connectivity index (χ1) is 13.7. The van der Waals surface area contributed by atoms with Crippen molar-refractivity contribution in [2.24, 2.45) is 0 Å². The Morgan fingerprint density at radius 3 is 2.46 bits per heavy atom. The van der Waals surface area contributed by atoms with Crippen LogP contribution in [0.1, 0.15) is 32.0 Å². The molecule has 0 saturated heterocycles. The first kappa shape index (κ1) is 19.0. The number of carbonyl (C=O) groups excluding carboxylic acids is 2. The number of aromatic nitrogens is 2. The van der Waals surface area contributed by atoms with Crippen molar-refractivity contribution in [1.29, 1.82) is 0 Å². The number of ether oxygens (including phenoxy) is 1. The van der Waals surface area contributed by atoms with Gasteiger partial charge in [0, 0.05) is 42.8 Å². The van der Waals surface area contributed by atoms with E-state index in [-0.39, 0.29) is 17.5 Å². The summed E-state index contributed by atoms with van der Waals surface area (Å²) in [5.74, 6) is 0.0488. The maximum absolute atomic E-state index is 12.4. The summed E-state index contributed by atoms with van der Waals surface area (Å²) in [7, 11) is 1.58. The lowest BCUT2D eigenvalue weighted by molar-refractivity contribution is 0.0945. The SMILES string of the molecule is COc1ccccc1CNC(=O)c1cc(C(=O)NCc2ccncc2)ccn1. The molecule has 142 valence electrons. The van der Waals surface area contributed by atoms with Crippen molar-refractivity contribution in [2.75, 3.05) is 7.11 Å². The van der Waals surface area contributed by atoms with Crippen LogP contribution >= 0.6 is 0 Å². The quantitative estimate of drug-likeness (QED) is 0.660. The summed E-state index contributed by atoms with van der Waals surface area (Å²) < 4.78 is 5.27. The third-order valence-corrected chi connectivity index (χ3v) is 4.09. The molecular formula is C21H20N4O3. The van der Waals surface area contributed by atoms with Gasteiger partial charge in [0.05, 0.1) is 7.11 Å². The number of nitrogens with one attached hydrogen (secondary N) is 2. The first-order valence-electron chi connectivity index (χ1n) is 8.70. The molecule has 0 spiro atoms. The molecule has 0 saturated carbocycles. The topological polar surface area (TPSA) is 93.2 Å². The molecule has 3 rings (SSSR count). The minimum absolute atomic E-state index is 0.173. The Kier molecular flexibility index (Phi) is 6.30. The van der Waals surface area contributed by atoms with E-state index >= 15 is 0 Å². The highest BCUT2D eigenvalue weighted by molar-refractivity contribution is 5.98. The molecule has 0 aliphatic carbocycles. The van der Waals surface area contributed by atoms with Gasteiger partial charge in [-0.3, -0.25) is 19.6 Å². The minimum Gasteiger partial charge on any atom is -0.496 e. The van der Waals surface area contributed by atoms with E-state index in [1.807, 2.05) is 36.4 Å². The van der Waals surface area contributed by atoms with Gasteiger partial charge in [-0.05, 0) is 35.9 Å². The van der Waals surface area contributed by atoms with Crippen LogP contribution in [0.3, 0.4) is 0 Å². The van der Waals surface area contributed by atoms with Gasteiger partial charge in [0.1, 0.15) is 11.4 Å². The van der Waals surface area contributed by atoms with Crippen molar-refractivity contribution >= 4 is 11.8 Å². The minimum atomic E-state index is -0.366. The van der Waals surface area contributed by atoms with Crippen LogP contribution in [0.15, 0.2) is 67.1 Å². The van der Waals surface area contributed by atoms with Gasteiger partial charge in [-0.1, -0.05) is 18.2 Å². The fraction of sp³-hybridized carbons (Fsp3) is 0.143. The fourth-order valence-electron chi connectivity index (χ4n) is 2.60. The lowest BCUT2D eigenvalue weighted by Crippen LogP contribution is -2.26. The van der Waals surface area contributed by atoms with Crippen molar-refractivity contribution in [1.82, 2.24) is 20.6 Å². The van der Waals surface area contributed by atoms with Crippen LogP contribution in [0.4, 0.5) is 0 Å². The number of amides is 2. The molecule has 2 aromatic heterocycles. The zero-order valence-electron chi connectivity index (χ0n) is 15.4. The van der Waals surface area contributed by atoms with Gasteiger partial charge in [0.15, 0.2) is 0 Å². The second kappa shape index (κ2) is 9.27. The Morgan fingerprint density at radius 1 is 0.929 bits per heavy atom. The largest absolute Gasteiger partial charge is 0.496 e. The molecule has 0 bridgehead atoms. The van der Waals surface area contributed by atoms with E-state index in [0.29, 0.717) is 24.4 Å². The molecule has 2 heterocycles. The Morgan fingerprint density at radius 2 is 1.68 bits per heavy atom. The molecule has 1 aromatic carbocycles. The van der Waals surface area contributed by atoms with Gasteiger partial charge in [-0.25, -0.2) is 0 Å². The van der Waals surface area contributed by atoms with E-state index in [9.17, 15) is 9.59 Å². The van der Waals surface area contributed by atoms with Crippen molar-refractivity contribution < 1.29 is 14.3 Å². The molecule has 0 unspecified atom stereocenters. The first-order valence-corrected chi connectivity index (χ1v) is 8.70. The van der Waals surface area contributed by atoms with Crippen LogP contribution in [0.2, 0.25) is 0 Å². The zero-order valence-corrected chi connectivity index (χ0v) is 15.4. The van der Waals surface area contributed by atoms with Crippen LogP contribution in [-0.4, -0.2) is 28.9 Å². The zero-order chi connectivity index (χ0) is 19.8. The van der Waals surface area contributed by atoms with Crippen molar-refractivity contribution in [3.63, 3.8) is 0 Å². The summed E-state index contributed by atoms with van der Waals surface area (Å²) in [6.07, 6.45) is 4.77. The molecule has 0 atom stereocenters. The van der Waals surface area contributed by atoms with E-state index < -0.39 is 0 Å². The molecule has 0 aliphatic rings. The maximum atomic E-state index is 12.4. The summed E-state index contributed by atoms with van der Waals surface area (Å²) in [5, 5.41) is 5.61. The molecular weight excluding hydrogens is 356 g/mol. The molecule has 2 N–H and O–H groups in total. The average Bonchev–Trinajstić information content (AvgIpc) is 2.76. The normalized spacial score (nSPS) is 10.2. The standard InChI is InChI=1S/C21H20N4O3/c1-28-19-5-3-2-4-17(19)14-25-21(27)18-12-16(8-11-23-18)20(26)24-13-15-6-9-22-10-7-15/h2-12H,13-14H2,1H3,(H,24,26)(H,25,27). The number of pyridine rings is 2. The molecule has 3 aromatic rings. The Hall–Kier alpha value is -3.74. The number of hydrogen-bond acceptors (Lipinski definition) is 5. The van der Waals surface area contributed by atoms with Crippen LogP contribution in [0.25, 0.3) is 0 Å². The van der Waals surface area contributed by atoms with Gasteiger partial charge in [0.2, 0.25) is 0 Å². The Labute approximate surface area is 162 Å². The Bertz CT molecular complexity index is 961. The third-order valence-electron chi connectivity index (χ3n) is 4.09. The molecule has 0 radical (unpaired) electrons. The Balaban J connectivity index is 1.61.